The van der Waals surface area contributed by atoms with Crippen LogP contribution in [0.25, 0.3) is 0 Å². The number of hydrogen-bond donors (Lipinski definition) is 2. The summed E-state index contributed by atoms with van der Waals surface area (Å²) in [7, 11) is -3.84. The molecule has 2 N–H and O–H groups in total. The van der Waals surface area contributed by atoms with Gasteiger partial charge in [-0.25, -0.2) is 8.42 Å². The minimum Gasteiger partial charge on any atom is -0.322 e. The Labute approximate surface area is 169 Å². The van der Waals surface area contributed by atoms with Gasteiger partial charge in [-0.2, -0.15) is 0 Å². The molecule has 3 rings (SSSR count). The van der Waals surface area contributed by atoms with Crippen molar-refractivity contribution in [2.75, 3.05) is 10.0 Å². The molecule has 0 saturated carbocycles. The van der Waals surface area contributed by atoms with Crippen molar-refractivity contribution < 1.29 is 13.2 Å². The van der Waals surface area contributed by atoms with Gasteiger partial charge in [-0.1, -0.05) is 41.9 Å². The number of aryl methyl sites for hydroxylation is 2. The number of hydrogen-bond acceptors (Lipinski definition) is 3. The molecule has 144 valence electrons. The Kier molecular flexibility index (Phi) is 5.72. The fourth-order valence-corrected chi connectivity index (χ4v) is 4.13. The Hall–Kier alpha value is -2.83. The van der Waals surface area contributed by atoms with Gasteiger partial charge in [-0.15, -0.1) is 0 Å². The van der Waals surface area contributed by atoms with Gasteiger partial charge < -0.3 is 5.32 Å². The van der Waals surface area contributed by atoms with Gasteiger partial charge in [-0.05, 0) is 61.4 Å². The second-order valence-electron chi connectivity index (χ2n) is 6.37. The third-order valence-corrected chi connectivity index (χ3v) is 6.13. The Balaban J connectivity index is 1.88. The summed E-state index contributed by atoms with van der Waals surface area (Å²) in [6.07, 6.45) is 0. The highest BCUT2D eigenvalue weighted by Gasteiger charge is 2.19. The van der Waals surface area contributed by atoms with Crippen molar-refractivity contribution in [3.05, 3.63) is 88.4 Å². The average molecular weight is 415 g/mol. The van der Waals surface area contributed by atoms with Crippen LogP contribution in [-0.4, -0.2) is 14.3 Å². The van der Waals surface area contributed by atoms with Crippen LogP contribution in [-0.2, 0) is 10.0 Å². The number of nitrogens with one attached hydrogen (secondary N) is 2. The number of anilines is 2. The first kappa shape index (κ1) is 19.9. The van der Waals surface area contributed by atoms with E-state index in [0.717, 1.165) is 5.56 Å². The van der Waals surface area contributed by atoms with Crippen molar-refractivity contribution in [1.82, 2.24) is 0 Å². The topological polar surface area (TPSA) is 75.3 Å². The number of sulfonamides is 1. The van der Waals surface area contributed by atoms with Gasteiger partial charge in [-0.3, -0.25) is 9.52 Å². The zero-order valence-electron chi connectivity index (χ0n) is 15.4. The maximum Gasteiger partial charge on any atom is 0.262 e. The summed E-state index contributed by atoms with van der Waals surface area (Å²) in [5, 5.41) is 3.27. The summed E-state index contributed by atoms with van der Waals surface area (Å²) in [4.78, 5) is 12.6. The first-order chi connectivity index (χ1) is 13.3. The van der Waals surface area contributed by atoms with Gasteiger partial charge in [0.05, 0.1) is 4.90 Å². The summed E-state index contributed by atoms with van der Waals surface area (Å²) in [6, 6.07) is 18.3. The SMILES string of the molecule is Cc1ccc(NC(=O)c2ccc(C)c(S(=O)(=O)Nc3ccccc3)c2)cc1Cl. The molecule has 0 bridgehead atoms. The molecule has 7 heteroatoms. The molecule has 0 aliphatic carbocycles. The highest BCUT2D eigenvalue weighted by atomic mass is 35.5. The molecule has 0 heterocycles. The molecule has 0 spiro atoms. The molecule has 0 atom stereocenters. The van der Waals surface area contributed by atoms with Gasteiger partial charge >= 0.3 is 0 Å². The molecule has 28 heavy (non-hydrogen) atoms. The summed E-state index contributed by atoms with van der Waals surface area (Å²) in [5.74, 6) is -0.420. The van der Waals surface area contributed by atoms with Crippen molar-refractivity contribution in [2.24, 2.45) is 0 Å². The van der Waals surface area contributed by atoms with E-state index in [1.165, 1.54) is 6.07 Å². The van der Waals surface area contributed by atoms with Gasteiger partial charge in [0.2, 0.25) is 0 Å². The normalized spacial score (nSPS) is 11.1. The van der Waals surface area contributed by atoms with Gasteiger partial charge in [0, 0.05) is 22.0 Å². The molecule has 3 aromatic carbocycles. The molecule has 0 aliphatic rings. The Morgan fingerprint density at radius 2 is 1.54 bits per heavy atom. The number of amides is 1. The predicted octanol–water partition coefficient (Wildman–Crippen LogP) is 5.01. The molecule has 0 saturated heterocycles. The standard InChI is InChI=1S/C21H19ClN2O3S/c1-14-9-11-18(13-19(14)22)23-21(25)16-10-8-15(2)20(12-16)28(26,27)24-17-6-4-3-5-7-17/h3-13,24H,1-2H3,(H,23,25). The molecule has 1 amide bonds. The van der Waals surface area contributed by atoms with E-state index in [0.29, 0.717) is 22.0 Å². The molecule has 0 aromatic heterocycles. The number of para-hydroxylation sites is 1. The zero-order valence-corrected chi connectivity index (χ0v) is 16.9. The third kappa shape index (κ3) is 4.52. The highest BCUT2D eigenvalue weighted by molar-refractivity contribution is 7.92. The van der Waals surface area contributed by atoms with Crippen LogP contribution in [0.15, 0.2) is 71.6 Å². The smallest absolute Gasteiger partial charge is 0.262 e. The molecule has 5 nitrogen and oxygen atoms in total. The lowest BCUT2D eigenvalue weighted by atomic mass is 10.1. The van der Waals surface area contributed by atoms with E-state index in [9.17, 15) is 13.2 Å². The molecule has 3 aromatic rings. The maximum atomic E-state index is 12.8. The fraction of sp³-hybridized carbons (Fsp3) is 0.0952. The van der Waals surface area contributed by atoms with E-state index in [2.05, 4.69) is 10.0 Å². The minimum absolute atomic E-state index is 0.0472. The molecule has 0 fully saturated rings. The fourth-order valence-electron chi connectivity index (χ4n) is 2.62. The zero-order chi connectivity index (χ0) is 20.3. The number of carbonyl (C=O) groups is 1. The Morgan fingerprint density at radius 3 is 2.21 bits per heavy atom. The summed E-state index contributed by atoms with van der Waals surface area (Å²) >= 11 is 6.09. The average Bonchev–Trinajstić information content (AvgIpc) is 2.65. The van der Waals surface area contributed by atoms with Crippen molar-refractivity contribution in [3.63, 3.8) is 0 Å². The quantitative estimate of drug-likeness (QED) is 0.616. The van der Waals surface area contributed by atoms with Crippen molar-refractivity contribution in [2.45, 2.75) is 18.7 Å². The van der Waals surface area contributed by atoms with Crippen molar-refractivity contribution in [1.29, 1.82) is 0 Å². The van der Waals surface area contributed by atoms with Gasteiger partial charge in [0.1, 0.15) is 0 Å². The highest BCUT2D eigenvalue weighted by Crippen LogP contribution is 2.23. The summed E-state index contributed by atoms with van der Waals surface area (Å²) in [6.45, 7) is 3.55. The maximum absolute atomic E-state index is 12.8. The molecule has 0 unspecified atom stereocenters. The largest absolute Gasteiger partial charge is 0.322 e. The monoisotopic (exact) mass is 414 g/mol. The molecular weight excluding hydrogens is 396 g/mol. The number of carbonyl (C=O) groups excluding carboxylic acids is 1. The number of rotatable bonds is 5. The Bertz CT molecular complexity index is 1130. The second-order valence-corrected chi connectivity index (χ2v) is 8.43. The van der Waals surface area contributed by atoms with Crippen LogP contribution in [0, 0.1) is 13.8 Å². The third-order valence-electron chi connectivity index (χ3n) is 4.20. The van der Waals surface area contributed by atoms with E-state index in [-0.39, 0.29) is 10.5 Å². The van der Waals surface area contributed by atoms with E-state index in [4.69, 9.17) is 11.6 Å². The molecule has 0 aliphatic heterocycles. The minimum atomic E-state index is -3.84. The predicted molar refractivity (Wildman–Crippen MR) is 113 cm³/mol. The Morgan fingerprint density at radius 1 is 0.857 bits per heavy atom. The first-order valence-corrected chi connectivity index (χ1v) is 10.4. The van der Waals surface area contributed by atoms with Crippen LogP contribution in [0.5, 0.6) is 0 Å². The van der Waals surface area contributed by atoms with E-state index in [1.54, 1.807) is 67.6 Å². The van der Waals surface area contributed by atoms with Crippen molar-refractivity contribution in [3.8, 4) is 0 Å². The van der Waals surface area contributed by atoms with Gasteiger partial charge in [0.15, 0.2) is 0 Å². The molecular formula is C21H19ClN2O3S. The number of benzene rings is 3. The van der Waals surface area contributed by atoms with Crippen molar-refractivity contribution >= 4 is 38.9 Å². The van der Waals surface area contributed by atoms with E-state index in [1.807, 2.05) is 6.92 Å². The van der Waals surface area contributed by atoms with Crippen LogP contribution in [0.2, 0.25) is 5.02 Å². The summed E-state index contributed by atoms with van der Waals surface area (Å²) < 4.78 is 28.1. The van der Waals surface area contributed by atoms with Crippen LogP contribution in [0.1, 0.15) is 21.5 Å². The van der Waals surface area contributed by atoms with Crippen LogP contribution >= 0.6 is 11.6 Å². The lowest BCUT2D eigenvalue weighted by Crippen LogP contribution is -2.17. The van der Waals surface area contributed by atoms with E-state index >= 15 is 0 Å². The molecule has 0 radical (unpaired) electrons. The second kappa shape index (κ2) is 8.04. The lowest BCUT2D eigenvalue weighted by molar-refractivity contribution is 0.102. The first-order valence-electron chi connectivity index (χ1n) is 8.52. The van der Waals surface area contributed by atoms with Crippen LogP contribution < -0.4 is 10.0 Å². The van der Waals surface area contributed by atoms with Crippen LogP contribution in [0.4, 0.5) is 11.4 Å². The number of halogens is 1. The lowest BCUT2D eigenvalue weighted by Gasteiger charge is -2.12. The van der Waals surface area contributed by atoms with Gasteiger partial charge in [0.25, 0.3) is 15.9 Å². The summed E-state index contributed by atoms with van der Waals surface area (Å²) in [5.41, 5.74) is 2.66. The van der Waals surface area contributed by atoms with Crippen LogP contribution in [0.3, 0.4) is 0 Å². The van der Waals surface area contributed by atoms with E-state index < -0.39 is 15.9 Å².